The first-order valence-electron chi connectivity index (χ1n) is 10.1. The molecule has 1 heterocycles. The maximum absolute atomic E-state index is 12.6. The van der Waals surface area contributed by atoms with Crippen molar-refractivity contribution < 1.29 is 26.9 Å². The van der Waals surface area contributed by atoms with Crippen molar-refractivity contribution in [2.45, 2.75) is 4.90 Å². The van der Waals surface area contributed by atoms with Gasteiger partial charge < -0.3 is 8.92 Å². The maximum atomic E-state index is 12.6. The third-order valence-corrected chi connectivity index (χ3v) is 7.11. The molecule has 0 spiro atoms. The van der Waals surface area contributed by atoms with Crippen LogP contribution in [0, 0.1) is 0 Å². The first kappa shape index (κ1) is 23.9. The molecule has 10 heteroatoms. The average Bonchev–Trinajstić information content (AvgIpc) is 3.08. The molecule has 34 heavy (non-hydrogen) atoms. The molecule has 0 radical (unpaired) electrons. The second-order valence-corrected chi connectivity index (χ2v) is 10.0. The third-order valence-electron chi connectivity index (χ3n) is 4.69. The van der Waals surface area contributed by atoms with E-state index in [1.165, 1.54) is 36.4 Å². The minimum Gasteiger partial charge on any atom is -0.492 e. The molecule has 1 aliphatic rings. The number of rotatable bonds is 8. The molecule has 0 bridgehead atoms. The van der Waals surface area contributed by atoms with Crippen LogP contribution in [0.5, 0.6) is 11.5 Å². The molecule has 4 rings (SSSR count). The number of nitrogens with zero attached hydrogens (tertiary/aromatic N) is 1. The van der Waals surface area contributed by atoms with Crippen molar-refractivity contribution >= 4 is 50.7 Å². The number of amides is 2. The van der Waals surface area contributed by atoms with Gasteiger partial charge in [0.05, 0.1) is 11.4 Å². The summed E-state index contributed by atoms with van der Waals surface area (Å²) in [6, 6.07) is 20.9. The van der Waals surface area contributed by atoms with E-state index in [1.807, 2.05) is 18.2 Å². The standard InChI is InChI=1S/C24H18ClNO6S2/c25-18-8-12-21(13-9-18)34(29,30)32-20-10-6-17(7-11-20)16-22-23(27)26(24(28)33-22)14-15-31-19-4-2-1-3-5-19/h1-13,16H,14-15H2/b22-16-. The molecule has 0 N–H and O–H groups in total. The van der Waals surface area contributed by atoms with Crippen LogP contribution in [-0.4, -0.2) is 37.6 Å². The van der Waals surface area contributed by atoms with Crippen LogP contribution < -0.4 is 8.92 Å². The monoisotopic (exact) mass is 515 g/mol. The van der Waals surface area contributed by atoms with Gasteiger partial charge in [-0.1, -0.05) is 41.9 Å². The zero-order chi connectivity index (χ0) is 24.1. The fraction of sp³-hybridized carbons (Fsp3) is 0.0833. The highest BCUT2D eigenvalue weighted by atomic mass is 35.5. The lowest BCUT2D eigenvalue weighted by Crippen LogP contribution is -2.32. The van der Waals surface area contributed by atoms with Gasteiger partial charge in [-0.05, 0) is 71.9 Å². The van der Waals surface area contributed by atoms with Crippen LogP contribution in [0.25, 0.3) is 6.08 Å². The third kappa shape index (κ3) is 5.80. The van der Waals surface area contributed by atoms with E-state index < -0.39 is 16.0 Å². The van der Waals surface area contributed by atoms with Gasteiger partial charge in [0.1, 0.15) is 23.0 Å². The van der Waals surface area contributed by atoms with Crippen molar-refractivity contribution in [1.29, 1.82) is 0 Å². The van der Waals surface area contributed by atoms with Crippen molar-refractivity contribution in [3.05, 3.63) is 94.4 Å². The quantitative estimate of drug-likeness (QED) is 0.300. The van der Waals surface area contributed by atoms with Gasteiger partial charge in [0.15, 0.2) is 0 Å². The Morgan fingerprint density at radius 3 is 2.24 bits per heavy atom. The zero-order valence-electron chi connectivity index (χ0n) is 17.6. The highest BCUT2D eigenvalue weighted by Gasteiger charge is 2.34. The largest absolute Gasteiger partial charge is 0.492 e. The lowest BCUT2D eigenvalue weighted by atomic mass is 10.2. The second kappa shape index (κ2) is 10.3. The fourth-order valence-corrected chi connectivity index (χ4v) is 4.93. The van der Waals surface area contributed by atoms with E-state index in [4.69, 9.17) is 20.5 Å². The van der Waals surface area contributed by atoms with Gasteiger partial charge in [-0.3, -0.25) is 14.5 Å². The Morgan fingerprint density at radius 1 is 0.882 bits per heavy atom. The highest BCUT2D eigenvalue weighted by Crippen LogP contribution is 2.32. The van der Waals surface area contributed by atoms with Gasteiger partial charge in [0.25, 0.3) is 11.1 Å². The Kier molecular flexibility index (Phi) is 7.26. The van der Waals surface area contributed by atoms with E-state index in [0.29, 0.717) is 16.3 Å². The van der Waals surface area contributed by atoms with E-state index >= 15 is 0 Å². The van der Waals surface area contributed by atoms with Gasteiger partial charge in [0, 0.05) is 5.02 Å². The Morgan fingerprint density at radius 2 is 1.56 bits per heavy atom. The predicted molar refractivity (Wildman–Crippen MR) is 130 cm³/mol. The van der Waals surface area contributed by atoms with Crippen LogP contribution in [0.3, 0.4) is 0 Å². The minimum atomic E-state index is -4.01. The van der Waals surface area contributed by atoms with E-state index in [1.54, 1.807) is 30.3 Å². The number of benzene rings is 3. The fourth-order valence-electron chi connectivity index (χ4n) is 3.01. The zero-order valence-corrected chi connectivity index (χ0v) is 20.0. The maximum Gasteiger partial charge on any atom is 0.339 e. The smallest absolute Gasteiger partial charge is 0.339 e. The van der Waals surface area contributed by atoms with Crippen molar-refractivity contribution in [2.24, 2.45) is 0 Å². The number of carbonyl (C=O) groups excluding carboxylic acids is 2. The SMILES string of the molecule is O=C1S/C(=C\c2ccc(OS(=O)(=O)c3ccc(Cl)cc3)cc2)C(=O)N1CCOc1ccccc1. The molecule has 0 saturated carbocycles. The molecular weight excluding hydrogens is 498 g/mol. The van der Waals surface area contributed by atoms with Crippen LogP contribution in [0.1, 0.15) is 5.56 Å². The summed E-state index contributed by atoms with van der Waals surface area (Å²) in [4.78, 5) is 26.3. The number of imide groups is 1. The lowest BCUT2D eigenvalue weighted by molar-refractivity contribution is -0.123. The first-order chi connectivity index (χ1) is 16.3. The highest BCUT2D eigenvalue weighted by molar-refractivity contribution is 8.18. The van der Waals surface area contributed by atoms with E-state index in [0.717, 1.165) is 16.7 Å². The topological polar surface area (TPSA) is 90.0 Å². The summed E-state index contributed by atoms with van der Waals surface area (Å²) in [5.41, 5.74) is 0.613. The number of ether oxygens (including phenoxy) is 1. The Balaban J connectivity index is 1.38. The molecule has 1 aliphatic heterocycles. The van der Waals surface area contributed by atoms with Crippen LogP contribution in [0.2, 0.25) is 5.02 Å². The summed E-state index contributed by atoms with van der Waals surface area (Å²) in [6.45, 7) is 0.315. The second-order valence-electron chi connectivity index (χ2n) is 7.06. The molecule has 0 unspecified atom stereocenters. The molecule has 3 aromatic rings. The van der Waals surface area contributed by atoms with Crippen molar-refractivity contribution in [3.63, 3.8) is 0 Å². The van der Waals surface area contributed by atoms with Gasteiger partial charge in [-0.2, -0.15) is 8.42 Å². The molecule has 0 aromatic heterocycles. The van der Waals surface area contributed by atoms with E-state index in [9.17, 15) is 18.0 Å². The Bertz CT molecular complexity index is 1320. The lowest BCUT2D eigenvalue weighted by Gasteiger charge is -2.13. The summed E-state index contributed by atoms with van der Waals surface area (Å²) in [7, 11) is -4.01. The van der Waals surface area contributed by atoms with E-state index in [2.05, 4.69) is 0 Å². The first-order valence-corrected chi connectivity index (χ1v) is 12.7. The van der Waals surface area contributed by atoms with Gasteiger partial charge >= 0.3 is 10.1 Å². The van der Waals surface area contributed by atoms with Crippen molar-refractivity contribution in [2.75, 3.05) is 13.2 Å². The van der Waals surface area contributed by atoms with Gasteiger partial charge in [-0.25, -0.2) is 0 Å². The predicted octanol–water partition coefficient (Wildman–Crippen LogP) is 5.22. The van der Waals surface area contributed by atoms with Crippen molar-refractivity contribution in [3.8, 4) is 11.5 Å². The molecule has 0 atom stereocenters. The number of hydrogen-bond acceptors (Lipinski definition) is 7. The van der Waals surface area contributed by atoms with Crippen LogP contribution in [0.4, 0.5) is 4.79 Å². The number of hydrogen-bond donors (Lipinski definition) is 0. The minimum absolute atomic E-state index is 0.0223. The molecule has 1 saturated heterocycles. The van der Waals surface area contributed by atoms with E-state index in [-0.39, 0.29) is 33.9 Å². The molecule has 7 nitrogen and oxygen atoms in total. The summed E-state index contributed by atoms with van der Waals surface area (Å²) >= 11 is 6.63. The van der Waals surface area contributed by atoms with Crippen LogP contribution in [0.15, 0.2) is 88.7 Å². The Hall–Kier alpha value is -3.27. The van der Waals surface area contributed by atoms with Gasteiger partial charge in [-0.15, -0.1) is 0 Å². The summed E-state index contributed by atoms with van der Waals surface area (Å²) < 4.78 is 35.5. The number of carbonyl (C=O) groups is 2. The normalized spacial score (nSPS) is 15.1. The van der Waals surface area contributed by atoms with Crippen molar-refractivity contribution in [1.82, 2.24) is 4.90 Å². The van der Waals surface area contributed by atoms with Crippen LogP contribution in [-0.2, 0) is 14.9 Å². The Labute approximate surface area is 206 Å². The van der Waals surface area contributed by atoms with Gasteiger partial charge in [0.2, 0.25) is 0 Å². The molecule has 1 fully saturated rings. The molecular formula is C24H18ClNO6S2. The number of para-hydroxylation sites is 1. The molecule has 3 aromatic carbocycles. The molecule has 174 valence electrons. The average molecular weight is 516 g/mol. The number of halogens is 1. The summed E-state index contributed by atoms with van der Waals surface area (Å²) in [6.07, 6.45) is 1.57. The molecule has 0 aliphatic carbocycles. The summed E-state index contributed by atoms with van der Waals surface area (Å²) in [5, 5.41) is 0.0401. The summed E-state index contributed by atoms with van der Waals surface area (Å²) in [5.74, 6) is 0.362. The van der Waals surface area contributed by atoms with Crippen LogP contribution >= 0.6 is 23.4 Å². The molecule has 2 amide bonds. The number of thioether (sulfide) groups is 1.